The van der Waals surface area contributed by atoms with Crippen molar-refractivity contribution in [3.63, 3.8) is 0 Å². The number of pyridine rings is 1. The summed E-state index contributed by atoms with van der Waals surface area (Å²) in [6, 6.07) is 1.35. The minimum atomic E-state index is -4.50. The quantitative estimate of drug-likeness (QED) is 0.771. The van der Waals surface area contributed by atoms with Gasteiger partial charge in [-0.2, -0.15) is 13.2 Å². The van der Waals surface area contributed by atoms with E-state index in [4.69, 9.17) is 0 Å². The molecule has 1 saturated heterocycles. The van der Waals surface area contributed by atoms with Gasteiger partial charge in [-0.3, -0.25) is 14.8 Å². The molecule has 3 rings (SSSR count). The van der Waals surface area contributed by atoms with Crippen molar-refractivity contribution in [3.05, 3.63) is 41.4 Å². The number of amides is 1. The lowest BCUT2D eigenvalue weighted by Gasteiger charge is -2.26. The van der Waals surface area contributed by atoms with E-state index in [-0.39, 0.29) is 13.2 Å². The van der Waals surface area contributed by atoms with Crippen LogP contribution in [0.3, 0.4) is 0 Å². The van der Waals surface area contributed by atoms with Gasteiger partial charge in [-0.05, 0) is 31.2 Å². The first-order valence-electron chi connectivity index (χ1n) is 8.40. The van der Waals surface area contributed by atoms with Gasteiger partial charge < -0.3 is 15.5 Å². The van der Waals surface area contributed by atoms with Crippen LogP contribution in [0.1, 0.15) is 17.7 Å². The van der Waals surface area contributed by atoms with Crippen molar-refractivity contribution in [3.8, 4) is 0 Å². The van der Waals surface area contributed by atoms with Gasteiger partial charge in [0.15, 0.2) is 0 Å². The lowest BCUT2D eigenvalue weighted by Crippen LogP contribution is -2.46. The number of alkyl halides is 4. The summed E-state index contributed by atoms with van der Waals surface area (Å²) in [7, 11) is 1.77. The zero-order valence-electron chi connectivity index (χ0n) is 14.6. The lowest BCUT2D eigenvalue weighted by molar-refractivity contribution is -0.141. The lowest BCUT2D eigenvalue weighted by atomic mass is 10.1. The Hall–Kier alpha value is -2.49. The van der Waals surface area contributed by atoms with Crippen LogP contribution in [0.2, 0.25) is 0 Å². The van der Waals surface area contributed by atoms with Gasteiger partial charge in [0, 0.05) is 24.5 Å². The number of allylic oxidation sites excluding steroid dienone is 1. The summed E-state index contributed by atoms with van der Waals surface area (Å²) in [4.78, 5) is 21.6. The van der Waals surface area contributed by atoms with E-state index in [0.717, 1.165) is 12.3 Å². The number of aliphatic imine (C=N–C) groups is 1. The molecule has 146 valence electrons. The number of rotatable bonds is 4. The molecule has 0 radical (unpaired) electrons. The van der Waals surface area contributed by atoms with E-state index in [2.05, 4.69) is 20.6 Å². The fourth-order valence-electron chi connectivity index (χ4n) is 2.88. The molecule has 2 atom stereocenters. The molecule has 1 fully saturated rings. The zero-order chi connectivity index (χ0) is 19.6. The van der Waals surface area contributed by atoms with E-state index < -0.39 is 30.0 Å². The van der Waals surface area contributed by atoms with Crippen molar-refractivity contribution in [1.82, 2.24) is 20.5 Å². The fraction of sp³-hybridized carbons (Fsp3) is 0.471. The predicted molar refractivity (Wildman–Crippen MR) is 90.8 cm³/mol. The molecular formula is C17H19F4N5O. The number of hydrogen-bond donors (Lipinski definition) is 2. The van der Waals surface area contributed by atoms with Gasteiger partial charge in [-0.15, -0.1) is 0 Å². The van der Waals surface area contributed by atoms with E-state index in [1.807, 2.05) is 0 Å². The van der Waals surface area contributed by atoms with Gasteiger partial charge in [-0.25, -0.2) is 4.39 Å². The second-order valence-electron chi connectivity index (χ2n) is 6.40. The average molecular weight is 385 g/mol. The number of nitrogens with one attached hydrogen (secondary N) is 2. The minimum Gasteiger partial charge on any atom is -0.357 e. The van der Waals surface area contributed by atoms with Crippen molar-refractivity contribution in [1.29, 1.82) is 0 Å². The Balaban J connectivity index is 1.68. The van der Waals surface area contributed by atoms with Crippen LogP contribution in [0, 0.1) is 0 Å². The number of aromatic nitrogens is 1. The molecular weight excluding hydrogens is 366 g/mol. The molecule has 0 aromatic carbocycles. The zero-order valence-corrected chi connectivity index (χ0v) is 14.6. The van der Waals surface area contributed by atoms with Gasteiger partial charge in [-0.1, -0.05) is 0 Å². The molecule has 27 heavy (non-hydrogen) atoms. The maximum Gasteiger partial charge on any atom is 0.433 e. The monoisotopic (exact) mass is 385 g/mol. The van der Waals surface area contributed by atoms with E-state index in [1.54, 1.807) is 18.0 Å². The Morgan fingerprint density at radius 3 is 2.78 bits per heavy atom. The topological polar surface area (TPSA) is 69.6 Å². The third-order valence-corrected chi connectivity index (χ3v) is 4.47. The smallest absolute Gasteiger partial charge is 0.357 e. The van der Waals surface area contributed by atoms with Crippen LogP contribution in [0.5, 0.6) is 0 Å². The molecule has 1 amide bonds. The van der Waals surface area contributed by atoms with Crippen LogP contribution < -0.4 is 10.6 Å². The Morgan fingerprint density at radius 1 is 1.41 bits per heavy atom. The Morgan fingerprint density at radius 2 is 2.19 bits per heavy atom. The molecule has 1 aromatic heterocycles. The number of carbonyl (C=O) groups excluding carboxylic acids is 1. The van der Waals surface area contributed by atoms with Gasteiger partial charge in [0.25, 0.3) is 0 Å². The van der Waals surface area contributed by atoms with Gasteiger partial charge in [0.1, 0.15) is 24.6 Å². The Labute approximate surface area is 153 Å². The summed E-state index contributed by atoms with van der Waals surface area (Å²) in [6.07, 6.45) is -2.61. The summed E-state index contributed by atoms with van der Waals surface area (Å²) in [5.74, 6) is -0.422. The van der Waals surface area contributed by atoms with Crippen molar-refractivity contribution < 1.29 is 22.4 Å². The normalized spacial score (nSPS) is 23.1. The van der Waals surface area contributed by atoms with Gasteiger partial charge in [0.05, 0.1) is 12.3 Å². The van der Waals surface area contributed by atoms with E-state index in [1.165, 1.54) is 6.07 Å². The van der Waals surface area contributed by atoms with Gasteiger partial charge >= 0.3 is 6.18 Å². The van der Waals surface area contributed by atoms with Crippen LogP contribution in [0.15, 0.2) is 35.1 Å². The highest BCUT2D eigenvalue weighted by molar-refractivity contribution is 6.09. The van der Waals surface area contributed by atoms with E-state index >= 15 is 0 Å². The number of carbonyl (C=O) groups is 1. The molecule has 0 spiro atoms. The van der Waals surface area contributed by atoms with Crippen LogP contribution in [0.4, 0.5) is 17.6 Å². The average Bonchev–Trinajstić information content (AvgIpc) is 3.06. The van der Waals surface area contributed by atoms with Crippen molar-refractivity contribution in [2.24, 2.45) is 4.99 Å². The molecule has 2 aliphatic heterocycles. The number of nitrogens with zero attached hydrogens (tertiary/aromatic N) is 3. The highest BCUT2D eigenvalue weighted by Crippen LogP contribution is 2.27. The molecule has 1 aromatic rings. The molecule has 0 aliphatic carbocycles. The Kier molecular flexibility index (Phi) is 5.45. The minimum absolute atomic E-state index is 0.160. The van der Waals surface area contributed by atoms with Crippen molar-refractivity contribution in [2.45, 2.75) is 24.8 Å². The summed E-state index contributed by atoms with van der Waals surface area (Å²) in [5.41, 5.74) is 0.657. The largest absolute Gasteiger partial charge is 0.433 e. The molecule has 3 heterocycles. The van der Waals surface area contributed by atoms with Crippen molar-refractivity contribution >= 4 is 11.6 Å². The van der Waals surface area contributed by atoms with Crippen molar-refractivity contribution in [2.75, 3.05) is 26.8 Å². The van der Waals surface area contributed by atoms with Crippen LogP contribution in [-0.2, 0) is 11.0 Å². The van der Waals surface area contributed by atoms with E-state index in [9.17, 15) is 22.4 Å². The molecule has 0 bridgehead atoms. The van der Waals surface area contributed by atoms with E-state index in [0.29, 0.717) is 29.9 Å². The standard InChI is InChI=1S/C17H19F4N5O/c1-26-9-25-13(10-2-3-14(23-7-10)17(19,20)21)6-11(26)8-24-16(27)15-12(18)4-5-22-15/h2-3,6-7,12,15,22H,4-5,8-9H2,1H3,(H,24,27)/t12-,15-/m0/s1. The summed E-state index contributed by atoms with van der Waals surface area (Å²) >= 11 is 0. The molecule has 6 nitrogen and oxygen atoms in total. The molecule has 0 saturated carbocycles. The first-order valence-corrected chi connectivity index (χ1v) is 8.40. The maximum atomic E-state index is 13.6. The summed E-state index contributed by atoms with van der Waals surface area (Å²) < 4.78 is 51.5. The first-order chi connectivity index (χ1) is 12.8. The van der Waals surface area contributed by atoms with Crippen LogP contribution in [0.25, 0.3) is 0 Å². The summed E-state index contributed by atoms with van der Waals surface area (Å²) in [5, 5.41) is 5.50. The van der Waals surface area contributed by atoms with Crippen LogP contribution >= 0.6 is 0 Å². The molecule has 2 aliphatic rings. The molecule has 10 heteroatoms. The highest BCUT2D eigenvalue weighted by atomic mass is 19.4. The Bertz CT molecular complexity index is 760. The predicted octanol–water partition coefficient (Wildman–Crippen LogP) is 1.49. The van der Waals surface area contributed by atoms with Crippen LogP contribution in [-0.4, -0.2) is 60.5 Å². The molecule has 0 unspecified atom stereocenters. The number of likely N-dealkylation sites (N-methyl/N-ethyl adjacent to an activating group) is 1. The highest BCUT2D eigenvalue weighted by Gasteiger charge is 2.33. The SMILES string of the molecule is CN1CN=C(c2ccc(C(F)(F)F)nc2)C=C1CNC(=O)[C@H]1NCC[C@@H]1F. The van der Waals surface area contributed by atoms with Gasteiger partial charge in [0.2, 0.25) is 5.91 Å². The number of hydrogen-bond acceptors (Lipinski definition) is 5. The second-order valence-corrected chi connectivity index (χ2v) is 6.40. The fourth-order valence-corrected chi connectivity index (χ4v) is 2.88. The third-order valence-electron chi connectivity index (χ3n) is 4.47. The first kappa shape index (κ1) is 19.3. The maximum absolute atomic E-state index is 13.6. The summed E-state index contributed by atoms with van der Waals surface area (Å²) in [6.45, 7) is 0.901. The molecule has 2 N–H and O–H groups in total. The number of halogens is 4. The second kappa shape index (κ2) is 7.63. The third kappa shape index (κ3) is 4.44.